The Morgan fingerprint density at radius 1 is 1.33 bits per heavy atom. The maximum absolute atomic E-state index is 12.9. The molecule has 2 aromatic heterocycles. The summed E-state index contributed by atoms with van der Waals surface area (Å²) in [5.74, 6) is 2.42. The van der Waals surface area contributed by atoms with Crippen LogP contribution >= 0.6 is 0 Å². The summed E-state index contributed by atoms with van der Waals surface area (Å²) in [5.41, 5.74) is 3.80. The molecule has 0 spiro atoms. The molecule has 1 aliphatic rings. The van der Waals surface area contributed by atoms with Gasteiger partial charge in [0.1, 0.15) is 11.6 Å². The van der Waals surface area contributed by atoms with Gasteiger partial charge in [0.2, 0.25) is 0 Å². The number of nitrogens with one attached hydrogen (secondary N) is 1. The number of hydrogen-bond acceptors (Lipinski definition) is 4. The van der Waals surface area contributed by atoms with Crippen LogP contribution in [0.4, 0.5) is 10.5 Å². The molecule has 1 aliphatic heterocycles. The third-order valence-corrected chi connectivity index (χ3v) is 5.56. The molecule has 1 saturated heterocycles. The molecule has 1 N–H and O–H groups in total. The lowest BCUT2D eigenvalue weighted by molar-refractivity contribution is 0.221. The predicted molar refractivity (Wildman–Crippen MR) is 118 cm³/mol. The molecule has 0 bridgehead atoms. The van der Waals surface area contributed by atoms with Crippen molar-refractivity contribution in [2.45, 2.75) is 39.7 Å². The van der Waals surface area contributed by atoms with Crippen molar-refractivity contribution in [1.29, 1.82) is 0 Å². The molecule has 0 radical (unpaired) electrons. The summed E-state index contributed by atoms with van der Waals surface area (Å²) in [6.07, 6.45) is 4.56. The number of carbonyl (C=O) groups excluding carboxylic acids is 1. The predicted octanol–water partition coefficient (Wildman–Crippen LogP) is 4.43. The first-order valence-electron chi connectivity index (χ1n) is 10.5. The van der Waals surface area contributed by atoms with E-state index in [0.717, 1.165) is 35.4 Å². The number of aryl methyl sites for hydroxylation is 1. The number of anilines is 1. The highest BCUT2D eigenvalue weighted by atomic mass is 16.5. The van der Waals surface area contributed by atoms with Crippen LogP contribution in [0.5, 0.6) is 5.75 Å². The topological polar surface area (TPSA) is 72.3 Å². The summed E-state index contributed by atoms with van der Waals surface area (Å²) in [6.45, 7) is 8.64. The van der Waals surface area contributed by atoms with Crippen LogP contribution in [0, 0.1) is 12.8 Å². The smallest absolute Gasteiger partial charge is 0.321 e. The van der Waals surface area contributed by atoms with Crippen molar-refractivity contribution in [3.8, 4) is 5.75 Å². The fraction of sp³-hybridized carbons (Fsp3) is 0.435. The van der Waals surface area contributed by atoms with Gasteiger partial charge in [0.25, 0.3) is 0 Å². The summed E-state index contributed by atoms with van der Waals surface area (Å²) in [5, 5.41) is 3.01. The van der Waals surface area contributed by atoms with Crippen molar-refractivity contribution in [2.75, 3.05) is 25.5 Å². The van der Waals surface area contributed by atoms with Crippen LogP contribution in [0.15, 0.2) is 36.7 Å². The Morgan fingerprint density at radius 2 is 2.17 bits per heavy atom. The van der Waals surface area contributed by atoms with Crippen LogP contribution in [0.3, 0.4) is 0 Å². The summed E-state index contributed by atoms with van der Waals surface area (Å²) in [4.78, 5) is 24.0. The number of likely N-dealkylation sites (tertiary alicyclic amines) is 1. The second-order valence-electron chi connectivity index (χ2n) is 8.40. The van der Waals surface area contributed by atoms with Crippen LogP contribution in [-0.4, -0.2) is 45.7 Å². The summed E-state index contributed by atoms with van der Waals surface area (Å²) < 4.78 is 7.67. The Kier molecular flexibility index (Phi) is 5.61. The van der Waals surface area contributed by atoms with E-state index in [1.54, 1.807) is 13.3 Å². The highest BCUT2D eigenvalue weighted by Crippen LogP contribution is 2.31. The number of carbonyl (C=O) groups is 1. The van der Waals surface area contributed by atoms with Gasteiger partial charge in [-0.2, -0.15) is 0 Å². The number of hydrogen-bond donors (Lipinski definition) is 1. The lowest BCUT2D eigenvalue weighted by Crippen LogP contribution is -2.33. The molecule has 4 rings (SSSR count). The van der Waals surface area contributed by atoms with Gasteiger partial charge in [-0.3, -0.25) is 4.98 Å². The van der Waals surface area contributed by atoms with Gasteiger partial charge in [-0.25, -0.2) is 9.78 Å². The van der Waals surface area contributed by atoms with Gasteiger partial charge < -0.3 is 19.5 Å². The number of aromatic nitrogens is 3. The Balaban J connectivity index is 1.53. The second kappa shape index (κ2) is 8.34. The average Bonchev–Trinajstić information content (AvgIpc) is 3.33. The van der Waals surface area contributed by atoms with E-state index in [1.807, 2.05) is 42.3 Å². The maximum atomic E-state index is 12.9. The fourth-order valence-corrected chi connectivity index (χ4v) is 4.13. The normalized spacial score (nSPS) is 16.4. The fourth-order valence-electron chi connectivity index (χ4n) is 4.13. The SMILES string of the molecule is COc1ccc(C)cc1NC(=O)N1CCC(c2nc3ccncc3n2CC(C)C)C1. The number of rotatable bonds is 5. The Labute approximate surface area is 177 Å². The van der Waals surface area contributed by atoms with Crippen molar-refractivity contribution in [3.05, 3.63) is 48.0 Å². The van der Waals surface area contributed by atoms with Gasteiger partial charge in [-0.05, 0) is 43.0 Å². The molecule has 3 heterocycles. The monoisotopic (exact) mass is 407 g/mol. The van der Waals surface area contributed by atoms with Crippen LogP contribution in [0.1, 0.15) is 37.6 Å². The summed E-state index contributed by atoms with van der Waals surface area (Å²) in [7, 11) is 1.61. The van der Waals surface area contributed by atoms with E-state index < -0.39 is 0 Å². The van der Waals surface area contributed by atoms with Gasteiger partial charge in [0, 0.05) is 31.7 Å². The van der Waals surface area contributed by atoms with E-state index in [1.165, 1.54) is 0 Å². The quantitative estimate of drug-likeness (QED) is 0.679. The minimum absolute atomic E-state index is 0.102. The number of ether oxygens (including phenoxy) is 1. The number of nitrogens with zero attached hydrogens (tertiary/aromatic N) is 4. The third kappa shape index (κ3) is 3.97. The number of amides is 2. The summed E-state index contributed by atoms with van der Waals surface area (Å²) >= 11 is 0. The lowest BCUT2D eigenvalue weighted by atomic mass is 10.1. The molecule has 158 valence electrons. The van der Waals surface area contributed by atoms with E-state index in [-0.39, 0.29) is 11.9 Å². The molecule has 1 unspecified atom stereocenters. The Bertz CT molecular complexity index is 1060. The van der Waals surface area contributed by atoms with Gasteiger partial charge in [0.15, 0.2) is 0 Å². The lowest BCUT2D eigenvalue weighted by Gasteiger charge is -2.19. The maximum Gasteiger partial charge on any atom is 0.321 e. The van der Waals surface area contributed by atoms with Crippen LogP contribution in [0.25, 0.3) is 11.0 Å². The standard InChI is InChI=1S/C23H29N5O2/c1-15(2)13-28-20-12-24-9-7-18(20)25-22(28)17-8-10-27(14-17)23(29)26-19-11-16(3)5-6-21(19)30-4/h5-7,9,11-12,15,17H,8,10,13-14H2,1-4H3,(H,26,29). The third-order valence-electron chi connectivity index (χ3n) is 5.56. The van der Waals surface area contributed by atoms with E-state index in [2.05, 4.69) is 28.7 Å². The zero-order valence-corrected chi connectivity index (χ0v) is 18.1. The first-order chi connectivity index (χ1) is 14.5. The van der Waals surface area contributed by atoms with Crippen LogP contribution < -0.4 is 10.1 Å². The first kappa shape index (κ1) is 20.2. The highest BCUT2D eigenvalue weighted by Gasteiger charge is 2.31. The molecule has 1 aromatic carbocycles. The molecule has 7 nitrogen and oxygen atoms in total. The van der Waals surface area contributed by atoms with Crippen molar-refractivity contribution in [2.24, 2.45) is 5.92 Å². The minimum atomic E-state index is -0.102. The molecule has 1 atom stereocenters. The number of methoxy groups -OCH3 is 1. The zero-order valence-electron chi connectivity index (χ0n) is 18.1. The molecule has 7 heteroatoms. The molecular weight excluding hydrogens is 378 g/mol. The molecule has 30 heavy (non-hydrogen) atoms. The molecule has 2 amide bonds. The molecule has 0 saturated carbocycles. The van der Waals surface area contributed by atoms with Gasteiger partial charge >= 0.3 is 6.03 Å². The largest absolute Gasteiger partial charge is 0.495 e. The molecule has 1 fully saturated rings. The van der Waals surface area contributed by atoms with Crippen molar-refractivity contribution in [1.82, 2.24) is 19.4 Å². The van der Waals surface area contributed by atoms with Crippen LogP contribution in [0.2, 0.25) is 0 Å². The molecule has 3 aromatic rings. The number of imidazole rings is 1. The Hall–Kier alpha value is -3.09. The molecule has 0 aliphatic carbocycles. The van der Waals surface area contributed by atoms with Gasteiger partial charge in [0.05, 0.1) is 30.0 Å². The van der Waals surface area contributed by atoms with Crippen LogP contribution in [-0.2, 0) is 6.54 Å². The van der Waals surface area contributed by atoms with E-state index in [4.69, 9.17) is 9.72 Å². The first-order valence-corrected chi connectivity index (χ1v) is 10.5. The van der Waals surface area contributed by atoms with Gasteiger partial charge in [-0.1, -0.05) is 19.9 Å². The summed E-state index contributed by atoms with van der Waals surface area (Å²) in [6, 6.07) is 7.63. The van der Waals surface area contributed by atoms with E-state index in [0.29, 0.717) is 30.4 Å². The van der Waals surface area contributed by atoms with Crippen molar-refractivity contribution >= 4 is 22.8 Å². The minimum Gasteiger partial charge on any atom is -0.495 e. The number of urea groups is 1. The highest BCUT2D eigenvalue weighted by molar-refractivity contribution is 5.91. The van der Waals surface area contributed by atoms with Gasteiger partial charge in [-0.15, -0.1) is 0 Å². The average molecular weight is 408 g/mol. The number of fused-ring (bicyclic) bond motifs is 1. The second-order valence-corrected chi connectivity index (χ2v) is 8.40. The van der Waals surface area contributed by atoms with Crippen molar-refractivity contribution < 1.29 is 9.53 Å². The van der Waals surface area contributed by atoms with E-state index in [9.17, 15) is 4.79 Å². The zero-order chi connectivity index (χ0) is 21.3. The Morgan fingerprint density at radius 3 is 2.93 bits per heavy atom. The molecular formula is C23H29N5O2. The van der Waals surface area contributed by atoms with Crippen molar-refractivity contribution in [3.63, 3.8) is 0 Å². The number of benzene rings is 1. The number of pyridine rings is 1. The van der Waals surface area contributed by atoms with E-state index >= 15 is 0 Å².